The van der Waals surface area contributed by atoms with Gasteiger partial charge in [-0.25, -0.2) is 0 Å². The van der Waals surface area contributed by atoms with Crippen LogP contribution in [0.3, 0.4) is 0 Å². The van der Waals surface area contributed by atoms with Crippen molar-refractivity contribution in [2.45, 2.75) is 52.5 Å². The highest BCUT2D eigenvalue weighted by molar-refractivity contribution is 6.12. The van der Waals surface area contributed by atoms with Gasteiger partial charge in [0.1, 0.15) is 0 Å². The molecule has 0 fully saturated rings. The molecule has 1 aliphatic heterocycles. The van der Waals surface area contributed by atoms with Gasteiger partial charge >= 0.3 is 0 Å². The van der Waals surface area contributed by atoms with Crippen molar-refractivity contribution in [3.05, 3.63) is 12.2 Å². The van der Waals surface area contributed by atoms with Crippen LogP contribution in [0.1, 0.15) is 46.5 Å². The van der Waals surface area contributed by atoms with Gasteiger partial charge in [-0.1, -0.05) is 20.3 Å². The number of rotatable bonds is 9. The first-order valence-corrected chi connectivity index (χ1v) is 7.66. The maximum Gasteiger partial charge on any atom is 0.253 e. The number of Topliss-reactive ketones (excluding diaryl/α,β-unsaturated/α-hetero) is 1. The molecule has 122 valence electrons. The third-order valence-electron chi connectivity index (χ3n) is 3.61. The van der Waals surface area contributed by atoms with Crippen LogP contribution in [-0.2, 0) is 19.2 Å². The van der Waals surface area contributed by atoms with Gasteiger partial charge < -0.3 is 5.32 Å². The number of ketones is 1. The Morgan fingerprint density at radius 2 is 1.68 bits per heavy atom. The third kappa shape index (κ3) is 5.42. The second kappa shape index (κ2) is 8.46. The smallest absolute Gasteiger partial charge is 0.253 e. The fraction of sp³-hybridized carbons (Fsp3) is 0.625. The Morgan fingerprint density at radius 3 is 2.18 bits per heavy atom. The van der Waals surface area contributed by atoms with Gasteiger partial charge in [0, 0.05) is 25.1 Å². The summed E-state index contributed by atoms with van der Waals surface area (Å²) in [6, 6.07) is -0.432. The molecule has 0 aromatic carbocycles. The Hall–Kier alpha value is -1.98. The normalized spacial score (nSPS) is 15.5. The zero-order valence-corrected chi connectivity index (χ0v) is 13.4. The number of carbonyl (C=O) groups excluding carboxylic acids is 4. The average molecular weight is 308 g/mol. The first-order chi connectivity index (χ1) is 10.3. The second-order valence-electron chi connectivity index (χ2n) is 5.87. The van der Waals surface area contributed by atoms with Crippen molar-refractivity contribution in [3.63, 3.8) is 0 Å². The fourth-order valence-electron chi connectivity index (χ4n) is 2.37. The summed E-state index contributed by atoms with van der Waals surface area (Å²) in [6.07, 6.45) is 4.96. The molecule has 22 heavy (non-hydrogen) atoms. The lowest BCUT2D eigenvalue weighted by Gasteiger charge is -2.19. The van der Waals surface area contributed by atoms with Crippen LogP contribution in [0.15, 0.2) is 12.2 Å². The SMILES string of the molecule is CC(=O)C(NC(=O)CCCCCN1C(=O)C=CC1=O)C(C)C. The van der Waals surface area contributed by atoms with Crippen molar-refractivity contribution < 1.29 is 19.2 Å². The molecule has 0 spiro atoms. The summed E-state index contributed by atoms with van der Waals surface area (Å²) < 4.78 is 0. The lowest BCUT2D eigenvalue weighted by atomic mass is 10.0. The van der Waals surface area contributed by atoms with Crippen LogP contribution in [0.5, 0.6) is 0 Å². The molecule has 0 bridgehead atoms. The molecule has 0 saturated carbocycles. The Bertz CT molecular complexity index is 465. The Kier molecular flexibility index (Phi) is 6.95. The zero-order valence-electron chi connectivity index (χ0n) is 13.4. The van der Waals surface area contributed by atoms with E-state index >= 15 is 0 Å². The van der Waals surface area contributed by atoms with Crippen LogP contribution >= 0.6 is 0 Å². The molecule has 1 heterocycles. The van der Waals surface area contributed by atoms with Gasteiger partial charge in [-0.15, -0.1) is 0 Å². The number of nitrogens with one attached hydrogen (secondary N) is 1. The number of carbonyl (C=O) groups is 4. The summed E-state index contributed by atoms with van der Waals surface area (Å²) in [7, 11) is 0. The predicted octanol–water partition coefficient (Wildman–Crippen LogP) is 1.20. The van der Waals surface area contributed by atoms with Crippen LogP contribution in [0.25, 0.3) is 0 Å². The molecule has 6 heteroatoms. The molecule has 0 radical (unpaired) electrons. The minimum Gasteiger partial charge on any atom is -0.346 e. The molecule has 1 aliphatic rings. The maximum absolute atomic E-state index is 11.8. The van der Waals surface area contributed by atoms with Gasteiger partial charge in [-0.3, -0.25) is 24.1 Å². The van der Waals surface area contributed by atoms with Gasteiger partial charge in [0.15, 0.2) is 5.78 Å². The van der Waals surface area contributed by atoms with E-state index in [4.69, 9.17) is 0 Å². The van der Waals surface area contributed by atoms with Crippen molar-refractivity contribution in [1.29, 1.82) is 0 Å². The van der Waals surface area contributed by atoms with Crippen LogP contribution < -0.4 is 5.32 Å². The molecule has 0 aromatic heterocycles. The average Bonchev–Trinajstić information content (AvgIpc) is 2.75. The Morgan fingerprint density at radius 1 is 1.09 bits per heavy atom. The number of unbranched alkanes of at least 4 members (excludes halogenated alkanes) is 2. The summed E-state index contributed by atoms with van der Waals surface area (Å²) in [5.74, 6) is -0.653. The monoisotopic (exact) mass is 308 g/mol. The molecular formula is C16H24N2O4. The highest BCUT2D eigenvalue weighted by Crippen LogP contribution is 2.08. The van der Waals surface area contributed by atoms with Crippen molar-refractivity contribution in [2.24, 2.45) is 5.92 Å². The standard InChI is InChI=1S/C16H24N2O4/c1-11(2)16(12(3)19)17-13(20)7-5-4-6-10-18-14(21)8-9-15(18)22/h8-9,11,16H,4-7,10H2,1-3H3,(H,17,20). The van der Waals surface area contributed by atoms with Crippen LogP contribution in [0, 0.1) is 5.92 Å². The molecule has 6 nitrogen and oxygen atoms in total. The molecule has 1 unspecified atom stereocenters. The summed E-state index contributed by atoms with van der Waals surface area (Å²) in [6.45, 7) is 5.65. The first kappa shape index (κ1) is 18.1. The van der Waals surface area contributed by atoms with E-state index in [1.807, 2.05) is 13.8 Å². The minimum absolute atomic E-state index is 0.0399. The van der Waals surface area contributed by atoms with E-state index < -0.39 is 6.04 Å². The van der Waals surface area contributed by atoms with Crippen LogP contribution in [-0.4, -0.2) is 41.0 Å². The molecule has 0 saturated heterocycles. The molecule has 1 N–H and O–H groups in total. The highest BCUT2D eigenvalue weighted by Gasteiger charge is 2.22. The Balaban J connectivity index is 2.19. The number of hydrogen-bond donors (Lipinski definition) is 1. The van der Waals surface area contributed by atoms with Crippen molar-refractivity contribution in [3.8, 4) is 0 Å². The van der Waals surface area contributed by atoms with Gasteiger partial charge in [0.2, 0.25) is 5.91 Å². The first-order valence-electron chi connectivity index (χ1n) is 7.66. The van der Waals surface area contributed by atoms with E-state index in [-0.39, 0.29) is 29.4 Å². The topological polar surface area (TPSA) is 83.6 Å². The van der Waals surface area contributed by atoms with Gasteiger partial charge in [0.25, 0.3) is 11.8 Å². The minimum atomic E-state index is -0.432. The van der Waals surface area contributed by atoms with Crippen LogP contribution in [0.4, 0.5) is 0 Å². The van der Waals surface area contributed by atoms with E-state index in [2.05, 4.69) is 5.32 Å². The molecule has 1 rings (SSSR count). The van der Waals surface area contributed by atoms with E-state index in [1.54, 1.807) is 0 Å². The van der Waals surface area contributed by atoms with Gasteiger partial charge in [-0.05, 0) is 25.7 Å². The van der Waals surface area contributed by atoms with E-state index in [0.717, 1.165) is 6.42 Å². The molecular weight excluding hydrogens is 284 g/mol. The lowest BCUT2D eigenvalue weighted by Crippen LogP contribution is -2.43. The van der Waals surface area contributed by atoms with Crippen LogP contribution in [0.2, 0.25) is 0 Å². The van der Waals surface area contributed by atoms with Crippen molar-refractivity contribution in [1.82, 2.24) is 10.2 Å². The summed E-state index contributed by atoms with van der Waals surface area (Å²) in [4.78, 5) is 47.1. The molecule has 0 aliphatic carbocycles. The second-order valence-corrected chi connectivity index (χ2v) is 5.87. The fourth-order valence-corrected chi connectivity index (χ4v) is 2.37. The third-order valence-corrected chi connectivity index (χ3v) is 3.61. The largest absolute Gasteiger partial charge is 0.346 e. The predicted molar refractivity (Wildman–Crippen MR) is 81.8 cm³/mol. The molecule has 0 aromatic rings. The number of hydrogen-bond acceptors (Lipinski definition) is 4. The summed E-state index contributed by atoms with van der Waals surface area (Å²) >= 11 is 0. The summed E-state index contributed by atoms with van der Waals surface area (Å²) in [5, 5.41) is 2.74. The molecule has 3 amide bonds. The number of amides is 3. The molecule has 1 atom stereocenters. The zero-order chi connectivity index (χ0) is 16.7. The quantitative estimate of drug-likeness (QED) is 0.512. The van der Waals surface area contributed by atoms with E-state index in [0.29, 0.717) is 25.8 Å². The number of nitrogens with zero attached hydrogens (tertiary/aromatic N) is 1. The van der Waals surface area contributed by atoms with Crippen molar-refractivity contribution in [2.75, 3.05) is 6.54 Å². The van der Waals surface area contributed by atoms with E-state index in [1.165, 1.54) is 24.0 Å². The lowest BCUT2D eigenvalue weighted by molar-refractivity contribution is -0.137. The Labute approximate surface area is 130 Å². The number of imide groups is 1. The highest BCUT2D eigenvalue weighted by atomic mass is 16.2. The van der Waals surface area contributed by atoms with Gasteiger partial charge in [-0.2, -0.15) is 0 Å². The maximum atomic E-state index is 11.8. The van der Waals surface area contributed by atoms with Crippen molar-refractivity contribution >= 4 is 23.5 Å². The summed E-state index contributed by atoms with van der Waals surface area (Å²) in [5.41, 5.74) is 0. The van der Waals surface area contributed by atoms with Gasteiger partial charge in [0.05, 0.1) is 6.04 Å². The van der Waals surface area contributed by atoms with E-state index in [9.17, 15) is 19.2 Å².